The molecule has 1 unspecified atom stereocenters. The van der Waals surface area contributed by atoms with E-state index in [-0.39, 0.29) is 0 Å². The zero-order valence-electron chi connectivity index (χ0n) is 7.45. The van der Waals surface area contributed by atoms with Crippen LogP contribution in [0.25, 0.3) is 10.4 Å². The predicted octanol–water partition coefficient (Wildman–Crippen LogP) is -2.59. The molecule has 1 fully saturated rings. The molecule has 1 heterocycles. The maximum Gasteiger partial charge on any atom is 0.184 e. The molecule has 6 atom stereocenters. The molecule has 9 nitrogen and oxygen atoms in total. The largest absolute Gasteiger partial charge is 0.387 e. The van der Waals surface area contributed by atoms with Crippen LogP contribution in [0.15, 0.2) is 5.11 Å². The van der Waals surface area contributed by atoms with E-state index in [2.05, 4.69) is 14.8 Å². The summed E-state index contributed by atoms with van der Waals surface area (Å²) in [7, 11) is 0. The van der Waals surface area contributed by atoms with Gasteiger partial charge in [-0.2, -0.15) is 0 Å². The summed E-state index contributed by atoms with van der Waals surface area (Å²) in [6, 6.07) is 0. The molecule has 1 aliphatic rings. The molecule has 0 aromatic carbocycles. The second kappa shape index (κ2) is 4.73. The molecule has 0 amide bonds. The number of nitrogens with zero attached hydrogens (tertiary/aromatic N) is 3. The lowest BCUT2D eigenvalue weighted by atomic mass is 9.98. The number of rotatable bonds is 2. The SMILES string of the molecule is [N-]=[N+]=NC(O)[C@H]1O[C@@H](O)[C@@H](O)[C@@H](O)[C@@H]1O. The third-order valence-corrected chi connectivity index (χ3v) is 2.09. The molecule has 0 aromatic heterocycles. The fraction of sp³-hybridized carbons (Fsp3) is 1.00. The Morgan fingerprint density at radius 3 is 2.27 bits per heavy atom. The molecule has 9 heteroatoms. The van der Waals surface area contributed by atoms with Crippen molar-refractivity contribution in [2.75, 3.05) is 0 Å². The number of aliphatic hydroxyl groups is 5. The van der Waals surface area contributed by atoms with Crippen LogP contribution < -0.4 is 0 Å². The maximum atomic E-state index is 9.33. The number of hydrogen-bond donors (Lipinski definition) is 5. The molecule has 0 aromatic rings. The standard InChI is InChI=1S/C6H11N3O6/c7-9-8-5(13)4-2(11)1(10)3(12)6(14)15-4/h1-6,10-14H/t1-,2-,3-,4-,5?,6+/m0/s1. The van der Waals surface area contributed by atoms with Gasteiger partial charge in [-0.25, -0.2) is 0 Å². The Bertz CT molecular complexity index is 270. The molecule has 1 aliphatic heterocycles. The average molecular weight is 221 g/mol. The topological polar surface area (TPSA) is 159 Å². The summed E-state index contributed by atoms with van der Waals surface area (Å²) in [5.41, 5.74) is 8.02. The van der Waals surface area contributed by atoms with Gasteiger partial charge in [-0.15, -0.1) is 0 Å². The highest BCUT2D eigenvalue weighted by atomic mass is 16.6. The van der Waals surface area contributed by atoms with Crippen LogP contribution in [0.2, 0.25) is 0 Å². The molecule has 1 saturated heterocycles. The van der Waals surface area contributed by atoms with Crippen molar-refractivity contribution in [3.05, 3.63) is 10.4 Å². The Labute approximate surface area is 83.8 Å². The highest BCUT2D eigenvalue weighted by Crippen LogP contribution is 2.22. The molecule has 0 bridgehead atoms. The first-order valence-electron chi connectivity index (χ1n) is 4.09. The summed E-state index contributed by atoms with van der Waals surface area (Å²) in [4.78, 5) is 2.27. The Hall–Kier alpha value is -0.930. The highest BCUT2D eigenvalue weighted by Gasteiger charge is 2.45. The summed E-state index contributed by atoms with van der Waals surface area (Å²) >= 11 is 0. The molecule has 5 N–H and O–H groups in total. The second-order valence-electron chi connectivity index (χ2n) is 3.08. The number of aliphatic hydroxyl groups excluding tert-OH is 5. The molecule has 86 valence electrons. The van der Waals surface area contributed by atoms with E-state index in [9.17, 15) is 10.2 Å². The third kappa shape index (κ3) is 2.36. The molecular formula is C6H11N3O6. The lowest BCUT2D eigenvalue weighted by Crippen LogP contribution is -2.60. The van der Waals surface area contributed by atoms with Crippen molar-refractivity contribution in [1.29, 1.82) is 0 Å². The van der Waals surface area contributed by atoms with Gasteiger partial charge in [0, 0.05) is 4.91 Å². The minimum Gasteiger partial charge on any atom is -0.387 e. The van der Waals surface area contributed by atoms with Crippen molar-refractivity contribution in [3.63, 3.8) is 0 Å². The Morgan fingerprint density at radius 1 is 1.13 bits per heavy atom. The van der Waals surface area contributed by atoms with E-state index < -0.39 is 36.9 Å². The summed E-state index contributed by atoms with van der Waals surface area (Å²) in [5, 5.41) is 48.7. The van der Waals surface area contributed by atoms with Crippen LogP contribution >= 0.6 is 0 Å². The summed E-state index contributed by atoms with van der Waals surface area (Å²) in [6.45, 7) is 0. The van der Waals surface area contributed by atoms with Gasteiger partial charge in [0.1, 0.15) is 24.4 Å². The smallest absolute Gasteiger partial charge is 0.184 e. The van der Waals surface area contributed by atoms with E-state index in [1.807, 2.05) is 0 Å². The van der Waals surface area contributed by atoms with Gasteiger partial charge in [0.25, 0.3) is 0 Å². The van der Waals surface area contributed by atoms with Crippen molar-refractivity contribution < 1.29 is 30.3 Å². The van der Waals surface area contributed by atoms with Gasteiger partial charge in [0.05, 0.1) is 0 Å². The first-order chi connectivity index (χ1) is 6.99. The maximum absolute atomic E-state index is 9.33. The molecule has 1 rings (SSSR count). The molecular weight excluding hydrogens is 210 g/mol. The van der Waals surface area contributed by atoms with Crippen LogP contribution in [0.3, 0.4) is 0 Å². The van der Waals surface area contributed by atoms with Crippen LogP contribution in [0.1, 0.15) is 0 Å². The third-order valence-electron chi connectivity index (χ3n) is 2.09. The number of azide groups is 1. The lowest BCUT2D eigenvalue weighted by Gasteiger charge is -2.39. The van der Waals surface area contributed by atoms with Crippen molar-refractivity contribution in [3.8, 4) is 0 Å². The summed E-state index contributed by atoms with van der Waals surface area (Å²) in [5.74, 6) is 0. The van der Waals surface area contributed by atoms with Gasteiger partial charge in [0.15, 0.2) is 12.5 Å². The van der Waals surface area contributed by atoms with Crippen molar-refractivity contribution >= 4 is 0 Å². The van der Waals surface area contributed by atoms with Crippen LogP contribution in [-0.4, -0.2) is 62.5 Å². The summed E-state index contributed by atoms with van der Waals surface area (Å²) in [6.07, 6.45) is -10.1. The second-order valence-corrected chi connectivity index (χ2v) is 3.08. The predicted molar refractivity (Wildman–Crippen MR) is 44.1 cm³/mol. The van der Waals surface area contributed by atoms with E-state index in [0.29, 0.717) is 0 Å². The lowest BCUT2D eigenvalue weighted by molar-refractivity contribution is -0.296. The summed E-state index contributed by atoms with van der Waals surface area (Å²) < 4.78 is 4.58. The molecule has 0 aliphatic carbocycles. The van der Waals surface area contributed by atoms with E-state index in [1.54, 1.807) is 0 Å². The normalized spacial score (nSPS) is 43.1. The Morgan fingerprint density at radius 2 is 1.73 bits per heavy atom. The highest BCUT2D eigenvalue weighted by molar-refractivity contribution is 4.91. The van der Waals surface area contributed by atoms with Gasteiger partial charge >= 0.3 is 0 Å². The quantitative estimate of drug-likeness (QED) is 0.195. The fourth-order valence-corrected chi connectivity index (χ4v) is 1.25. The van der Waals surface area contributed by atoms with E-state index in [1.165, 1.54) is 0 Å². The minimum absolute atomic E-state index is 1.49. The monoisotopic (exact) mass is 221 g/mol. The Kier molecular flexibility index (Phi) is 3.83. The van der Waals surface area contributed by atoms with E-state index >= 15 is 0 Å². The van der Waals surface area contributed by atoms with Crippen LogP contribution in [0.5, 0.6) is 0 Å². The first kappa shape index (κ1) is 12.1. The van der Waals surface area contributed by atoms with Crippen LogP contribution in [0, 0.1) is 0 Å². The zero-order chi connectivity index (χ0) is 11.6. The van der Waals surface area contributed by atoms with Crippen LogP contribution in [-0.2, 0) is 4.74 Å². The molecule has 0 saturated carbocycles. The minimum atomic E-state index is -1.77. The number of ether oxygens (including phenoxy) is 1. The van der Waals surface area contributed by atoms with Crippen molar-refractivity contribution in [2.45, 2.75) is 36.9 Å². The van der Waals surface area contributed by atoms with Gasteiger partial charge in [-0.05, 0) is 5.53 Å². The fourth-order valence-electron chi connectivity index (χ4n) is 1.25. The number of hydrogen-bond acceptors (Lipinski definition) is 7. The van der Waals surface area contributed by atoms with Crippen LogP contribution in [0.4, 0.5) is 0 Å². The van der Waals surface area contributed by atoms with E-state index in [0.717, 1.165) is 0 Å². The van der Waals surface area contributed by atoms with Gasteiger partial charge in [0.2, 0.25) is 0 Å². The van der Waals surface area contributed by atoms with Crippen molar-refractivity contribution in [1.82, 2.24) is 0 Å². The molecule has 0 spiro atoms. The van der Waals surface area contributed by atoms with Crippen molar-refractivity contribution in [2.24, 2.45) is 5.11 Å². The zero-order valence-corrected chi connectivity index (χ0v) is 7.45. The van der Waals surface area contributed by atoms with E-state index in [4.69, 9.17) is 20.9 Å². The molecule has 0 radical (unpaired) electrons. The average Bonchev–Trinajstić information content (AvgIpc) is 2.20. The molecule has 15 heavy (non-hydrogen) atoms. The van der Waals surface area contributed by atoms with Gasteiger partial charge in [-0.1, -0.05) is 5.11 Å². The first-order valence-corrected chi connectivity index (χ1v) is 4.09. The van der Waals surface area contributed by atoms with Gasteiger partial charge < -0.3 is 30.3 Å². The van der Waals surface area contributed by atoms with Gasteiger partial charge in [-0.3, -0.25) is 0 Å². The Balaban J connectivity index is 2.78.